The van der Waals surface area contributed by atoms with Crippen LogP contribution in [-0.2, 0) is 9.59 Å². The first-order chi connectivity index (χ1) is 6.13. The topological polar surface area (TPSA) is 46.5 Å². The second-order valence-corrected chi connectivity index (χ2v) is 3.02. The van der Waals surface area contributed by atoms with E-state index in [9.17, 15) is 9.59 Å². The number of ketones is 1. The van der Waals surface area contributed by atoms with Crippen LogP contribution >= 0.6 is 0 Å². The van der Waals surface area contributed by atoms with Crippen LogP contribution in [0.3, 0.4) is 0 Å². The van der Waals surface area contributed by atoms with Gasteiger partial charge >= 0.3 is 0 Å². The summed E-state index contributed by atoms with van der Waals surface area (Å²) in [6.45, 7) is 7.17. The van der Waals surface area contributed by atoms with Gasteiger partial charge in [0.15, 0.2) is 5.78 Å². The molecule has 1 atom stereocenters. The molecule has 13 heavy (non-hydrogen) atoms. The molecule has 0 aromatic heterocycles. The van der Waals surface area contributed by atoms with Crippen LogP contribution in [0.25, 0.3) is 0 Å². The number of isocyanates is 1. The number of aliphatic imine (C=N–C) groups is 1. The minimum absolute atomic E-state index is 0.156. The Labute approximate surface area is 78.6 Å². The minimum Gasteiger partial charge on any atom is -0.292 e. The third kappa shape index (κ3) is 4.38. The van der Waals surface area contributed by atoms with E-state index in [4.69, 9.17) is 0 Å². The average Bonchev–Trinajstić information content (AvgIpc) is 2.11. The van der Waals surface area contributed by atoms with Crippen LogP contribution in [0, 0.1) is 0 Å². The fourth-order valence-corrected chi connectivity index (χ4v) is 1.000. The zero-order valence-electron chi connectivity index (χ0n) is 8.17. The van der Waals surface area contributed by atoms with Gasteiger partial charge in [0, 0.05) is 0 Å². The molecule has 0 aromatic rings. The minimum atomic E-state index is -0.560. The highest BCUT2D eigenvalue weighted by Crippen LogP contribution is 2.09. The zero-order chi connectivity index (χ0) is 10.3. The first-order valence-corrected chi connectivity index (χ1v) is 4.40. The highest BCUT2D eigenvalue weighted by molar-refractivity contribution is 5.98. The van der Waals surface area contributed by atoms with Crippen LogP contribution in [0.2, 0.25) is 0 Å². The Morgan fingerprint density at radius 3 is 2.62 bits per heavy atom. The van der Waals surface area contributed by atoms with Crippen molar-refractivity contribution in [1.29, 1.82) is 0 Å². The molecular weight excluding hydrogens is 166 g/mol. The van der Waals surface area contributed by atoms with Crippen molar-refractivity contribution in [3.8, 4) is 0 Å². The van der Waals surface area contributed by atoms with E-state index in [0.29, 0.717) is 12.0 Å². The molecule has 0 aliphatic heterocycles. The van der Waals surface area contributed by atoms with Crippen molar-refractivity contribution >= 4 is 11.9 Å². The monoisotopic (exact) mass is 181 g/mol. The van der Waals surface area contributed by atoms with Gasteiger partial charge in [0.25, 0.3) is 0 Å². The van der Waals surface area contributed by atoms with Gasteiger partial charge in [0.1, 0.15) is 6.04 Å². The van der Waals surface area contributed by atoms with Crippen molar-refractivity contribution in [2.75, 3.05) is 0 Å². The Bertz CT molecular complexity index is 239. The van der Waals surface area contributed by atoms with E-state index in [0.717, 1.165) is 12.8 Å². The molecule has 0 amide bonds. The number of unbranched alkanes of at least 4 members (excludes halogenated alkanes) is 1. The highest BCUT2D eigenvalue weighted by atomic mass is 16.1. The van der Waals surface area contributed by atoms with E-state index < -0.39 is 6.04 Å². The molecule has 0 aliphatic carbocycles. The van der Waals surface area contributed by atoms with Gasteiger partial charge in [-0.05, 0) is 18.9 Å². The van der Waals surface area contributed by atoms with Crippen molar-refractivity contribution in [2.24, 2.45) is 4.99 Å². The third-order valence-electron chi connectivity index (χ3n) is 1.76. The van der Waals surface area contributed by atoms with Crippen molar-refractivity contribution in [2.45, 2.75) is 39.2 Å². The van der Waals surface area contributed by atoms with Gasteiger partial charge in [-0.25, -0.2) is 4.79 Å². The maximum atomic E-state index is 11.4. The number of carbonyl (C=O) groups excluding carboxylic acids is 2. The van der Waals surface area contributed by atoms with Crippen LogP contribution in [0.5, 0.6) is 0 Å². The lowest BCUT2D eigenvalue weighted by molar-refractivity contribution is -0.116. The summed E-state index contributed by atoms with van der Waals surface area (Å²) in [6.07, 6.45) is 3.90. The van der Waals surface area contributed by atoms with Crippen LogP contribution in [0.1, 0.15) is 33.1 Å². The average molecular weight is 181 g/mol. The Balaban J connectivity index is 4.32. The Morgan fingerprint density at radius 1 is 1.62 bits per heavy atom. The number of Topliss-reactive ketones (excluding diaryl/α,β-unsaturated/α-hetero) is 1. The number of nitrogens with zero attached hydrogens (tertiary/aromatic N) is 1. The second kappa shape index (κ2) is 6.32. The largest absolute Gasteiger partial charge is 0.292 e. The molecule has 1 unspecified atom stereocenters. The smallest absolute Gasteiger partial charge is 0.235 e. The molecule has 0 saturated heterocycles. The van der Waals surface area contributed by atoms with Crippen LogP contribution in [0.15, 0.2) is 17.1 Å². The van der Waals surface area contributed by atoms with Crippen molar-refractivity contribution in [3.05, 3.63) is 12.2 Å². The zero-order valence-corrected chi connectivity index (χ0v) is 8.17. The summed E-state index contributed by atoms with van der Waals surface area (Å²) in [7, 11) is 0. The summed E-state index contributed by atoms with van der Waals surface area (Å²) in [4.78, 5) is 24.9. The molecule has 0 aromatic carbocycles. The van der Waals surface area contributed by atoms with Gasteiger partial charge in [-0.15, -0.1) is 0 Å². The van der Waals surface area contributed by atoms with Gasteiger partial charge < -0.3 is 0 Å². The maximum Gasteiger partial charge on any atom is 0.235 e. The van der Waals surface area contributed by atoms with Crippen LogP contribution < -0.4 is 0 Å². The summed E-state index contributed by atoms with van der Waals surface area (Å²) in [6, 6.07) is -0.560. The van der Waals surface area contributed by atoms with E-state index in [2.05, 4.69) is 11.6 Å². The molecule has 72 valence electrons. The summed E-state index contributed by atoms with van der Waals surface area (Å²) in [5.41, 5.74) is 0.445. The molecule has 0 radical (unpaired) electrons. The molecule has 0 spiro atoms. The molecule has 0 heterocycles. The lowest BCUT2D eigenvalue weighted by Gasteiger charge is -2.07. The van der Waals surface area contributed by atoms with Crippen LogP contribution in [0.4, 0.5) is 0 Å². The number of hydrogen-bond donors (Lipinski definition) is 0. The predicted molar refractivity (Wildman–Crippen MR) is 51.3 cm³/mol. The predicted octanol–water partition coefficient (Wildman–Crippen LogP) is 2.03. The molecule has 3 heteroatoms. The van der Waals surface area contributed by atoms with Gasteiger partial charge in [0.05, 0.1) is 0 Å². The van der Waals surface area contributed by atoms with E-state index >= 15 is 0 Å². The lowest BCUT2D eigenvalue weighted by atomic mass is 10.0. The third-order valence-corrected chi connectivity index (χ3v) is 1.76. The summed E-state index contributed by atoms with van der Waals surface area (Å²) >= 11 is 0. The van der Waals surface area contributed by atoms with E-state index in [1.165, 1.54) is 6.08 Å². The molecule has 0 bridgehead atoms. The Morgan fingerprint density at radius 2 is 2.23 bits per heavy atom. The van der Waals surface area contributed by atoms with Crippen LogP contribution in [-0.4, -0.2) is 17.9 Å². The molecule has 3 nitrogen and oxygen atoms in total. The van der Waals surface area contributed by atoms with Crippen molar-refractivity contribution in [3.63, 3.8) is 0 Å². The van der Waals surface area contributed by atoms with Crippen molar-refractivity contribution in [1.82, 2.24) is 0 Å². The lowest BCUT2D eigenvalue weighted by Crippen LogP contribution is -2.18. The standard InChI is InChI=1S/C10H15NO2/c1-4-5-6-9(11-7-12)10(13)8(2)3/h9H,2,4-6H2,1,3H3. The molecule has 0 rings (SSSR count). The summed E-state index contributed by atoms with van der Waals surface area (Å²) in [5, 5.41) is 0. The SMILES string of the molecule is C=C(C)C(=O)C(CCCC)N=C=O. The van der Waals surface area contributed by atoms with Gasteiger partial charge in [-0.2, -0.15) is 4.99 Å². The molecule has 0 N–H and O–H groups in total. The van der Waals surface area contributed by atoms with E-state index in [1.807, 2.05) is 6.92 Å². The normalized spacial score (nSPS) is 11.5. The fraction of sp³-hybridized carbons (Fsp3) is 0.600. The van der Waals surface area contributed by atoms with Gasteiger partial charge in [-0.3, -0.25) is 4.79 Å². The fourth-order valence-electron chi connectivity index (χ4n) is 1.000. The Kier molecular flexibility index (Phi) is 5.73. The quantitative estimate of drug-likeness (QED) is 0.357. The molecule has 0 aliphatic rings. The second-order valence-electron chi connectivity index (χ2n) is 3.02. The molecular formula is C10H15NO2. The van der Waals surface area contributed by atoms with Gasteiger partial charge in [0.2, 0.25) is 6.08 Å². The number of hydrogen-bond acceptors (Lipinski definition) is 3. The molecule has 0 fully saturated rings. The highest BCUT2D eigenvalue weighted by Gasteiger charge is 2.16. The van der Waals surface area contributed by atoms with Crippen molar-refractivity contribution < 1.29 is 9.59 Å². The maximum absolute atomic E-state index is 11.4. The van der Waals surface area contributed by atoms with E-state index in [1.54, 1.807) is 6.92 Å². The molecule has 0 saturated carbocycles. The number of carbonyl (C=O) groups is 1. The number of rotatable bonds is 6. The van der Waals surface area contributed by atoms with E-state index in [-0.39, 0.29) is 5.78 Å². The first-order valence-electron chi connectivity index (χ1n) is 4.40. The van der Waals surface area contributed by atoms with Gasteiger partial charge in [-0.1, -0.05) is 26.3 Å². The Hall–Kier alpha value is -1.21. The summed E-state index contributed by atoms with van der Waals surface area (Å²) < 4.78 is 0. The first kappa shape index (κ1) is 11.8. The summed E-state index contributed by atoms with van der Waals surface area (Å²) in [5.74, 6) is -0.156.